The highest BCUT2D eigenvalue weighted by atomic mass is 35.5. The number of hydrogen-bond donors (Lipinski definition) is 0. The van der Waals surface area contributed by atoms with Gasteiger partial charge in [0.1, 0.15) is 5.15 Å². The first-order valence-electron chi connectivity index (χ1n) is 8.10. The molecule has 0 unspecified atom stereocenters. The number of piperidine rings is 1. The van der Waals surface area contributed by atoms with Crippen molar-refractivity contribution in [2.24, 2.45) is 0 Å². The van der Waals surface area contributed by atoms with E-state index in [1.165, 1.54) is 0 Å². The molecule has 2 aromatic rings. The molecule has 3 rings (SSSR count). The van der Waals surface area contributed by atoms with Crippen LogP contribution in [0, 0.1) is 13.8 Å². The van der Waals surface area contributed by atoms with Crippen LogP contribution in [0.3, 0.4) is 0 Å². The third kappa shape index (κ3) is 3.34. The predicted octanol–water partition coefficient (Wildman–Crippen LogP) is 4.27. The first-order chi connectivity index (χ1) is 11.4. The molecule has 0 saturated carbocycles. The fourth-order valence-corrected chi connectivity index (χ4v) is 4.92. The zero-order chi connectivity index (χ0) is 17.3. The van der Waals surface area contributed by atoms with Gasteiger partial charge in [0, 0.05) is 12.7 Å². The molecule has 1 aromatic carbocycles. The minimum atomic E-state index is -3.53. The molecular formula is C18H21ClN2O2S. The normalized spacial score (nSPS) is 19.4. The van der Waals surface area contributed by atoms with E-state index in [2.05, 4.69) is 4.98 Å². The number of sulfonamides is 1. The van der Waals surface area contributed by atoms with E-state index < -0.39 is 10.0 Å². The molecule has 1 aliphatic rings. The zero-order valence-electron chi connectivity index (χ0n) is 13.9. The Morgan fingerprint density at radius 3 is 2.54 bits per heavy atom. The average Bonchev–Trinajstić information content (AvgIpc) is 2.58. The zero-order valence-corrected chi connectivity index (χ0v) is 15.4. The van der Waals surface area contributed by atoms with Gasteiger partial charge >= 0.3 is 0 Å². The maximum Gasteiger partial charge on any atom is 0.243 e. The Bertz CT molecular complexity index is 835. The van der Waals surface area contributed by atoms with Crippen molar-refractivity contribution in [2.75, 3.05) is 6.54 Å². The van der Waals surface area contributed by atoms with Gasteiger partial charge in [0.05, 0.1) is 10.9 Å². The van der Waals surface area contributed by atoms with Crippen LogP contribution in [0.15, 0.2) is 41.4 Å². The number of pyridine rings is 1. The number of halogens is 1. The molecule has 0 spiro atoms. The van der Waals surface area contributed by atoms with E-state index in [1.807, 2.05) is 32.0 Å². The van der Waals surface area contributed by atoms with Gasteiger partial charge in [0.2, 0.25) is 10.0 Å². The largest absolute Gasteiger partial charge is 0.244 e. The summed E-state index contributed by atoms with van der Waals surface area (Å²) in [7, 11) is -3.53. The van der Waals surface area contributed by atoms with Gasteiger partial charge in [-0.25, -0.2) is 13.4 Å². The lowest BCUT2D eigenvalue weighted by atomic mass is 9.98. The molecule has 1 saturated heterocycles. The Labute approximate surface area is 148 Å². The van der Waals surface area contributed by atoms with Gasteiger partial charge in [-0.2, -0.15) is 4.31 Å². The van der Waals surface area contributed by atoms with Gasteiger partial charge < -0.3 is 0 Å². The monoisotopic (exact) mass is 364 g/mol. The van der Waals surface area contributed by atoms with Gasteiger partial charge in [-0.05, 0) is 56.0 Å². The summed E-state index contributed by atoms with van der Waals surface area (Å²) < 4.78 is 27.8. The van der Waals surface area contributed by atoms with Crippen LogP contribution in [0.5, 0.6) is 0 Å². The van der Waals surface area contributed by atoms with Gasteiger partial charge in [-0.1, -0.05) is 35.7 Å². The van der Waals surface area contributed by atoms with Crippen molar-refractivity contribution in [3.63, 3.8) is 0 Å². The summed E-state index contributed by atoms with van der Waals surface area (Å²) in [5, 5.41) is 0.461. The molecule has 128 valence electrons. The SMILES string of the molecule is Cc1ccc(S(=O)(=O)N2CCCC[C@@H]2c2cnc(Cl)c(C)c2)cc1. The molecular weight excluding hydrogens is 344 g/mol. The van der Waals surface area contributed by atoms with E-state index in [-0.39, 0.29) is 6.04 Å². The van der Waals surface area contributed by atoms with E-state index in [0.717, 1.165) is 36.0 Å². The van der Waals surface area contributed by atoms with Gasteiger partial charge in [-0.3, -0.25) is 0 Å². The lowest BCUT2D eigenvalue weighted by molar-refractivity contribution is 0.255. The Morgan fingerprint density at radius 2 is 1.88 bits per heavy atom. The molecule has 2 heterocycles. The number of aryl methyl sites for hydroxylation is 2. The van der Waals surface area contributed by atoms with Gasteiger partial charge in [0.15, 0.2) is 0 Å². The maximum absolute atomic E-state index is 13.1. The quantitative estimate of drug-likeness (QED) is 0.764. The molecule has 0 N–H and O–H groups in total. The van der Waals surface area contributed by atoms with Gasteiger partial charge in [0.25, 0.3) is 0 Å². The fraction of sp³-hybridized carbons (Fsp3) is 0.389. The molecule has 1 atom stereocenters. The van der Waals surface area contributed by atoms with E-state index >= 15 is 0 Å². The number of nitrogens with zero attached hydrogens (tertiary/aromatic N) is 2. The number of aromatic nitrogens is 1. The average molecular weight is 365 g/mol. The van der Waals surface area contributed by atoms with Crippen molar-refractivity contribution in [3.8, 4) is 0 Å². The van der Waals surface area contributed by atoms with Crippen LogP contribution in [0.2, 0.25) is 5.15 Å². The van der Waals surface area contributed by atoms with Crippen molar-refractivity contribution in [2.45, 2.75) is 44.0 Å². The second-order valence-corrected chi connectivity index (χ2v) is 8.57. The highest BCUT2D eigenvalue weighted by Crippen LogP contribution is 2.36. The van der Waals surface area contributed by atoms with Crippen LogP contribution in [0.4, 0.5) is 0 Å². The minimum absolute atomic E-state index is 0.187. The number of benzene rings is 1. The summed E-state index contributed by atoms with van der Waals surface area (Å²) >= 11 is 6.01. The lowest BCUT2D eigenvalue weighted by Crippen LogP contribution is -2.38. The van der Waals surface area contributed by atoms with Crippen molar-refractivity contribution >= 4 is 21.6 Å². The lowest BCUT2D eigenvalue weighted by Gasteiger charge is -2.35. The summed E-state index contributed by atoms with van der Waals surface area (Å²) in [6.45, 7) is 4.37. The second kappa shape index (κ2) is 6.82. The number of rotatable bonds is 3. The Hall–Kier alpha value is -1.43. The fourth-order valence-electron chi connectivity index (χ4n) is 3.13. The highest BCUT2D eigenvalue weighted by molar-refractivity contribution is 7.89. The number of hydrogen-bond acceptors (Lipinski definition) is 3. The Balaban J connectivity index is 2.00. The summed E-state index contributed by atoms with van der Waals surface area (Å²) in [6.07, 6.45) is 4.38. The predicted molar refractivity (Wildman–Crippen MR) is 95.6 cm³/mol. The molecule has 6 heteroatoms. The minimum Gasteiger partial charge on any atom is -0.244 e. The first kappa shape index (κ1) is 17.4. The first-order valence-corrected chi connectivity index (χ1v) is 9.92. The van der Waals surface area contributed by atoms with Crippen molar-refractivity contribution < 1.29 is 8.42 Å². The summed E-state index contributed by atoms with van der Waals surface area (Å²) in [6, 6.07) is 8.79. The molecule has 0 radical (unpaired) electrons. The molecule has 1 fully saturated rings. The van der Waals surface area contributed by atoms with E-state index in [1.54, 1.807) is 22.6 Å². The third-order valence-corrected chi connectivity index (χ3v) is 6.82. The molecule has 1 aromatic heterocycles. The maximum atomic E-state index is 13.1. The Morgan fingerprint density at radius 1 is 1.17 bits per heavy atom. The highest BCUT2D eigenvalue weighted by Gasteiger charge is 2.34. The van der Waals surface area contributed by atoms with Gasteiger partial charge in [-0.15, -0.1) is 0 Å². The van der Waals surface area contributed by atoms with Crippen LogP contribution in [-0.4, -0.2) is 24.3 Å². The van der Waals surface area contributed by atoms with E-state index in [9.17, 15) is 8.42 Å². The van der Waals surface area contributed by atoms with Crippen LogP contribution in [-0.2, 0) is 10.0 Å². The molecule has 4 nitrogen and oxygen atoms in total. The summed E-state index contributed by atoms with van der Waals surface area (Å²) in [5.41, 5.74) is 2.82. The van der Waals surface area contributed by atoms with Crippen molar-refractivity contribution in [1.29, 1.82) is 0 Å². The molecule has 0 bridgehead atoms. The van der Waals surface area contributed by atoms with Crippen molar-refractivity contribution in [3.05, 3.63) is 58.4 Å². The molecule has 1 aliphatic heterocycles. The summed E-state index contributed by atoms with van der Waals surface area (Å²) in [4.78, 5) is 4.54. The standard InChI is InChI=1S/C18H21ClN2O2S/c1-13-6-8-16(9-7-13)24(22,23)21-10-4-3-5-17(21)15-11-14(2)18(19)20-12-15/h6-9,11-12,17H,3-5,10H2,1-2H3/t17-/m1/s1. The second-order valence-electron chi connectivity index (χ2n) is 6.32. The summed E-state index contributed by atoms with van der Waals surface area (Å²) in [5.74, 6) is 0. The molecule has 24 heavy (non-hydrogen) atoms. The van der Waals surface area contributed by atoms with E-state index in [4.69, 9.17) is 11.6 Å². The van der Waals surface area contributed by atoms with Crippen LogP contribution >= 0.6 is 11.6 Å². The van der Waals surface area contributed by atoms with Crippen molar-refractivity contribution in [1.82, 2.24) is 9.29 Å². The topological polar surface area (TPSA) is 50.3 Å². The van der Waals surface area contributed by atoms with Crippen LogP contribution in [0.25, 0.3) is 0 Å². The van der Waals surface area contributed by atoms with E-state index in [0.29, 0.717) is 16.6 Å². The van der Waals surface area contributed by atoms with Crippen LogP contribution in [0.1, 0.15) is 42.0 Å². The smallest absolute Gasteiger partial charge is 0.243 e. The molecule has 0 amide bonds. The third-order valence-electron chi connectivity index (χ3n) is 4.50. The Kier molecular flexibility index (Phi) is 4.95. The molecule has 0 aliphatic carbocycles. The van der Waals surface area contributed by atoms with Crippen LogP contribution < -0.4 is 0 Å².